The van der Waals surface area contributed by atoms with Crippen molar-refractivity contribution >= 4 is 43.4 Å². The van der Waals surface area contributed by atoms with Crippen molar-refractivity contribution in [2.24, 2.45) is 0 Å². The van der Waals surface area contributed by atoms with Crippen molar-refractivity contribution < 1.29 is 0 Å². The summed E-state index contributed by atoms with van der Waals surface area (Å²) in [5.41, 5.74) is 3.38. The predicted molar refractivity (Wildman–Crippen MR) is 112 cm³/mol. The summed E-state index contributed by atoms with van der Waals surface area (Å²) in [5, 5.41) is 4.67. The van der Waals surface area contributed by atoms with Crippen molar-refractivity contribution in [2.75, 3.05) is 0 Å². The average molecular weight is 413 g/mol. The van der Waals surface area contributed by atoms with Crippen LogP contribution < -0.4 is 10.4 Å². The van der Waals surface area contributed by atoms with Crippen LogP contribution in [0.15, 0.2) is 80.9 Å². The number of fused-ring (bicyclic) bond motifs is 4. The van der Waals surface area contributed by atoms with E-state index >= 15 is 0 Å². The molecule has 0 spiro atoms. The molecule has 28 heavy (non-hydrogen) atoms. The summed E-state index contributed by atoms with van der Waals surface area (Å²) in [6.45, 7) is 0. The molecular formula is C21H12N4S2Si. The maximum atomic E-state index is 4.90. The Morgan fingerprint density at radius 1 is 0.821 bits per heavy atom. The van der Waals surface area contributed by atoms with Crippen LogP contribution in [0, 0.1) is 0 Å². The van der Waals surface area contributed by atoms with E-state index in [0.29, 0.717) is 9.52 Å². The zero-order valence-electron chi connectivity index (χ0n) is 14.6. The van der Waals surface area contributed by atoms with Crippen LogP contribution in [0.2, 0.25) is 0 Å². The van der Waals surface area contributed by atoms with Crippen molar-refractivity contribution in [2.45, 2.75) is 26.3 Å². The van der Waals surface area contributed by atoms with Gasteiger partial charge in [0.05, 0.1) is 5.69 Å². The first-order valence-electron chi connectivity index (χ1n) is 8.85. The van der Waals surface area contributed by atoms with Gasteiger partial charge in [-0.15, -0.1) is 0 Å². The van der Waals surface area contributed by atoms with Crippen LogP contribution in [0.5, 0.6) is 0 Å². The lowest BCUT2D eigenvalue weighted by Gasteiger charge is -2.19. The van der Waals surface area contributed by atoms with E-state index in [0.717, 1.165) is 33.6 Å². The topological polar surface area (TPSA) is 51.6 Å². The van der Waals surface area contributed by atoms with Gasteiger partial charge in [-0.05, 0) is 28.1 Å². The standard InChI is InChI=1S/C21H12N4S2Si/c1-2-4-17-15(3-1)26-21-18(28-17)11-24-19(25-21)13-6-5-12-9-14-20(23-8-7-22-14)27-16(12)10-13/h1-8,10-11H,9H2. The summed E-state index contributed by atoms with van der Waals surface area (Å²) < 4.78 is 0. The Labute approximate surface area is 173 Å². The van der Waals surface area contributed by atoms with Gasteiger partial charge in [-0.1, -0.05) is 53.9 Å². The van der Waals surface area contributed by atoms with Gasteiger partial charge < -0.3 is 0 Å². The summed E-state index contributed by atoms with van der Waals surface area (Å²) in [5.74, 6) is 0.781. The third-order valence-corrected chi connectivity index (χ3v) is 8.66. The first kappa shape index (κ1) is 16.5. The molecule has 2 radical (unpaired) electrons. The SMILES string of the molecule is c1ccc2c(c1)[Si]c1cnc(-c3ccc4c(c3)Sc3nccnc3C4)nc1S2. The third kappa shape index (κ3) is 2.78. The highest BCUT2D eigenvalue weighted by atomic mass is 32.2. The molecule has 0 fully saturated rings. The first-order chi connectivity index (χ1) is 13.8. The molecule has 6 rings (SSSR count). The Bertz CT molecular complexity index is 1150. The Morgan fingerprint density at radius 3 is 2.71 bits per heavy atom. The van der Waals surface area contributed by atoms with Gasteiger partial charge in [-0.2, -0.15) is 0 Å². The van der Waals surface area contributed by atoms with Crippen LogP contribution in [0.25, 0.3) is 11.4 Å². The van der Waals surface area contributed by atoms with Gasteiger partial charge in [0.25, 0.3) is 0 Å². The molecule has 0 bridgehead atoms. The number of rotatable bonds is 1. The summed E-state index contributed by atoms with van der Waals surface area (Å²) in [6.07, 6.45) is 6.33. The quantitative estimate of drug-likeness (QED) is 0.306. The second-order valence-corrected chi connectivity index (χ2v) is 9.93. The molecule has 0 saturated carbocycles. The van der Waals surface area contributed by atoms with Crippen molar-refractivity contribution in [1.82, 2.24) is 19.9 Å². The molecule has 0 atom stereocenters. The first-order valence-corrected chi connectivity index (χ1v) is 11.5. The third-order valence-electron chi connectivity index (χ3n) is 4.74. The van der Waals surface area contributed by atoms with E-state index < -0.39 is 0 Å². The highest BCUT2D eigenvalue weighted by molar-refractivity contribution is 8.00. The number of aromatic nitrogens is 4. The van der Waals surface area contributed by atoms with Crippen molar-refractivity contribution in [3.8, 4) is 11.4 Å². The molecule has 2 aromatic heterocycles. The van der Waals surface area contributed by atoms with E-state index in [-0.39, 0.29) is 0 Å². The zero-order chi connectivity index (χ0) is 18.5. The highest BCUT2D eigenvalue weighted by Crippen LogP contribution is 2.39. The lowest BCUT2D eigenvalue weighted by atomic mass is 10.1. The van der Waals surface area contributed by atoms with E-state index in [1.165, 1.54) is 25.7 Å². The smallest absolute Gasteiger partial charge is 0.160 e. The van der Waals surface area contributed by atoms with E-state index in [9.17, 15) is 0 Å². The molecule has 7 heteroatoms. The fraction of sp³-hybridized carbons (Fsp3) is 0.0476. The lowest BCUT2D eigenvalue weighted by molar-refractivity contribution is 0.901. The lowest BCUT2D eigenvalue weighted by Crippen LogP contribution is -2.34. The van der Waals surface area contributed by atoms with Crippen molar-refractivity contribution in [1.29, 1.82) is 0 Å². The van der Waals surface area contributed by atoms with Crippen LogP contribution in [0.4, 0.5) is 0 Å². The van der Waals surface area contributed by atoms with E-state index in [2.05, 4.69) is 57.4 Å². The maximum absolute atomic E-state index is 4.90. The van der Waals surface area contributed by atoms with Gasteiger partial charge in [-0.3, -0.25) is 4.98 Å². The number of benzene rings is 2. The van der Waals surface area contributed by atoms with Gasteiger partial charge in [0.15, 0.2) is 5.82 Å². The van der Waals surface area contributed by atoms with Crippen molar-refractivity contribution in [3.05, 3.63) is 72.3 Å². The van der Waals surface area contributed by atoms with Crippen LogP contribution >= 0.6 is 23.5 Å². The molecule has 0 N–H and O–H groups in total. The van der Waals surface area contributed by atoms with E-state index in [1.54, 1.807) is 35.9 Å². The fourth-order valence-electron chi connectivity index (χ4n) is 3.36. The molecule has 4 aromatic rings. The Balaban J connectivity index is 1.36. The second-order valence-electron chi connectivity index (χ2n) is 6.55. The fourth-order valence-corrected chi connectivity index (χ4v) is 6.79. The minimum atomic E-state index is 0.617. The van der Waals surface area contributed by atoms with Gasteiger partial charge in [0.2, 0.25) is 0 Å². The Kier molecular flexibility index (Phi) is 3.85. The van der Waals surface area contributed by atoms with Gasteiger partial charge in [0.1, 0.15) is 19.6 Å². The molecular weight excluding hydrogens is 400 g/mol. The van der Waals surface area contributed by atoms with Crippen LogP contribution in [-0.2, 0) is 6.42 Å². The average Bonchev–Trinajstić information content (AvgIpc) is 2.75. The number of hydrogen-bond donors (Lipinski definition) is 0. The Hall–Kier alpha value is -2.48. The zero-order valence-corrected chi connectivity index (χ0v) is 17.2. The molecule has 0 aliphatic carbocycles. The molecule has 0 saturated heterocycles. The van der Waals surface area contributed by atoms with Crippen LogP contribution in [-0.4, -0.2) is 29.5 Å². The second kappa shape index (κ2) is 6.54. The monoisotopic (exact) mass is 412 g/mol. The minimum absolute atomic E-state index is 0.617. The molecule has 0 unspecified atom stereocenters. The van der Waals surface area contributed by atoms with Crippen LogP contribution in [0.1, 0.15) is 11.3 Å². The predicted octanol–water partition coefficient (Wildman–Crippen LogP) is 3.11. The normalized spacial score (nSPS) is 13.9. The molecule has 4 heterocycles. The van der Waals surface area contributed by atoms with E-state index in [4.69, 9.17) is 4.98 Å². The van der Waals surface area contributed by atoms with E-state index in [1.807, 2.05) is 6.20 Å². The number of hydrogen-bond acceptors (Lipinski definition) is 6. The van der Waals surface area contributed by atoms with Gasteiger partial charge in [-0.25, -0.2) is 15.0 Å². The highest BCUT2D eigenvalue weighted by Gasteiger charge is 2.21. The van der Waals surface area contributed by atoms with Crippen molar-refractivity contribution in [3.63, 3.8) is 0 Å². The molecule has 4 nitrogen and oxygen atoms in total. The minimum Gasteiger partial charge on any atom is -0.257 e. The van der Waals surface area contributed by atoms with Crippen LogP contribution in [0.3, 0.4) is 0 Å². The van der Waals surface area contributed by atoms with Gasteiger partial charge >= 0.3 is 0 Å². The molecule has 2 aliphatic rings. The summed E-state index contributed by atoms with van der Waals surface area (Å²) in [7, 11) is 0.617. The Morgan fingerprint density at radius 2 is 1.71 bits per heavy atom. The summed E-state index contributed by atoms with van der Waals surface area (Å²) >= 11 is 3.42. The molecule has 2 aromatic carbocycles. The summed E-state index contributed by atoms with van der Waals surface area (Å²) in [4.78, 5) is 21.0. The molecule has 0 amide bonds. The molecule has 132 valence electrons. The largest absolute Gasteiger partial charge is 0.257 e. The number of nitrogens with zero attached hydrogens (tertiary/aromatic N) is 4. The summed E-state index contributed by atoms with van der Waals surface area (Å²) in [6, 6.07) is 15.0. The molecule has 2 aliphatic heterocycles. The maximum Gasteiger partial charge on any atom is 0.160 e. The van der Waals surface area contributed by atoms with Gasteiger partial charge in [0, 0.05) is 40.4 Å².